The fraction of sp³-hybridized carbons (Fsp3) is 0.571. The minimum absolute atomic E-state index is 0.0742. The first-order valence-electron chi connectivity index (χ1n) is 7.03. The average Bonchev–Trinajstić information content (AvgIpc) is 2.46. The lowest BCUT2D eigenvalue weighted by molar-refractivity contribution is 0.235. The van der Waals surface area contributed by atoms with Gasteiger partial charge < -0.3 is 11.1 Å². The SMILES string of the molecule is NC1CCCCC1CNc1ccccc1S(=O)(=O)C(F)F. The van der Waals surface area contributed by atoms with Crippen LogP contribution in [0.25, 0.3) is 0 Å². The van der Waals surface area contributed by atoms with Gasteiger partial charge in [0.1, 0.15) is 0 Å². The Kier molecular flexibility index (Phi) is 5.16. The van der Waals surface area contributed by atoms with Crippen molar-refractivity contribution in [1.82, 2.24) is 0 Å². The van der Waals surface area contributed by atoms with Crippen LogP contribution in [0.15, 0.2) is 29.2 Å². The molecule has 1 aliphatic carbocycles. The molecular formula is C14H20F2N2O2S. The molecule has 3 N–H and O–H groups in total. The second-order valence-corrected chi connectivity index (χ2v) is 7.28. The van der Waals surface area contributed by atoms with Crippen LogP contribution in [0.2, 0.25) is 0 Å². The van der Waals surface area contributed by atoms with Crippen molar-refractivity contribution in [1.29, 1.82) is 0 Å². The third-order valence-electron chi connectivity index (χ3n) is 3.95. The van der Waals surface area contributed by atoms with Crippen LogP contribution in [-0.4, -0.2) is 26.8 Å². The molecule has 0 radical (unpaired) electrons. The summed E-state index contributed by atoms with van der Waals surface area (Å²) in [6.45, 7) is 0.497. The molecule has 0 heterocycles. The van der Waals surface area contributed by atoms with Gasteiger partial charge in [-0.05, 0) is 30.9 Å². The van der Waals surface area contributed by atoms with E-state index in [1.54, 1.807) is 6.07 Å². The maximum Gasteiger partial charge on any atom is 0.341 e. The summed E-state index contributed by atoms with van der Waals surface area (Å²) in [5.41, 5.74) is 6.26. The molecule has 2 atom stereocenters. The van der Waals surface area contributed by atoms with Crippen molar-refractivity contribution in [2.45, 2.75) is 42.4 Å². The van der Waals surface area contributed by atoms with Gasteiger partial charge in [0, 0.05) is 12.6 Å². The van der Waals surface area contributed by atoms with Crippen molar-refractivity contribution in [3.63, 3.8) is 0 Å². The maximum atomic E-state index is 12.7. The molecule has 1 fully saturated rings. The van der Waals surface area contributed by atoms with Crippen molar-refractivity contribution in [2.75, 3.05) is 11.9 Å². The van der Waals surface area contributed by atoms with Crippen LogP contribution in [0, 0.1) is 5.92 Å². The van der Waals surface area contributed by atoms with Gasteiger partial charge in [0.05, 0.1) is 10.6 Å². The van der Waals surface area contributed by atoms with Crippen LogP contribution in [0.4, 0.5) is 14.5 Å². The minimum Gasteiger partial charge on any atom is -0.384 e. The summed E-state index contributed by atoms with van der Waals surface area (Å²) in [6, 6.07) is 5.83. The van der Waals surface area contributed by atoms with Crippen LogP contribution in [0.5, 0.6) is 0 Å². The molecule has 0 saturated heterocycles. The molecule has 1 aliphatic rings. The van der Waals surface area contributed by atoms with Gasteiger partial charge in [0.2, 0.25) is 9.84 Å². The standard InChI is InChI=1S/C14H20F2N2O2S/c15-14(16)21(19,20)13-8-4-3-7-12(13)18-9-10-5-1-2-6-11(10)17/h3-4,7-8,10-11,14,18H,1-2,5-6,9,17H2. The molecule has 4 nitrogen and oxygen atoms in total. The summed E-state index contributed by atoms with van der Waals surface area (Å²) < 4.78 is 48.7. The second-order valence-electron chi connectivity index (χ2n) is 5.39. The summed E-state index contributed by atoms with van der Waals surface area (Å²) in [5, 5.41) is 2.98. The molecule has 2 rings (SSSR count). The third-order valence-corrected chi connectivity index (χ3v) is 5.39. The molecule has 0 aliphatic heterocycles. The first kappa shape index (κ1) is 16.2. The van der Waals surface area contributed by atoms with E-state index in [4.69, 9.17) is 5.73 Å². The summed E-state index contributed by atoms with van der Waals surface area (Å²) in [6.07, 6.45) is 4.12. The van der Waals surface area contributed by atoms with E-state index in [-0.39, 0.29) is 22.5 Å². The molecule has 7 heteroatoms. The van der Waals surface area contributed by atoms with Crippen LogP contribution < -0.4 is 11.1 Å². The summed E-state index contributed by atoms with van der Waals surface area (Å²) in [7, 11) is -4.60. The molecule has 0 spiro atoms. The zero-order chi connectivity index (χ0) is 15.5. The van der Waals surface area contributed by atoms with Crippen LogP contribution in [0.1, 0.15) is 25.7 Å². The van der Waals surface area contributed by atoms with Gasteiger partial charge >= 0.3 is 5.76 Å². The van der Waals surface area contributed by atoms with E-state index >= 15 is 0 Å². The van der Waals surface area contributed by atoms with Crippen LogP contribution in [-0.2, 0) is 9.84 Å². The maximum absolute atomic E-state index is 12.7. The summed E-state index contributed by atoms with van der Waals surface area (Å²) >= 11 is 0. The summed E-state index contributed by atoms with van der Waals surface area (Å²) in [5.74, 6) is -3.18. The summed E-state index contributed by atoms with van der Waals surface area (Å²) in [4.78, 5) is -0.357. The third kappa shape index (κ3) is 3.71. The normalized spacial score (nSPS) is 23.2. The zero-order valence-electron chi connectivity index (χ0n) is 11.6. The molecule has 0 amide bonds. The predicted molar refractivity (Wildman–Crippen MR) is 78.1 cm³/mol. The highest BCUT2D eigenvalue weighted by molar-refractivity contribution is 7.91. The number of anilines is 1. The van der Waals surface area contributed by atoms with Gasteiger partial charge in [-0.25, -0.2) is 8.42 Å². The molecule has 1 aromatic rings. The lowest BCUT2D eigenvalue weighted by atomic mass is 9.85. The van der Waals surface area contributed by atoms with E-state index in [1.165, 1.54) is 18.2 Å². The Balaban J connectivity index is 2.14. The first-order chi connectivity index (χ1) is 9.93. The van der Waals surface area contributed by atoms with Gasteiger partial charge in [0.25, 0.3) is 0 Å². The molecule has 1 aromatic carbocycles. The van der Waals surface area contributed by atoms with E-state index in [1.807, 2.05) is 0 Å². The van der Waals surface area contributed by atoms with Crippen molar-refractivity contribution in [3.8, 4) is 0 Å². The van der Waals surface area contributed by atoms with E-state index in [0.717, 1.165) is 25.7 Å². The zero-order valence-corrected chi connectivity index (χ0v) is 12.5. The number of sulfone groups is 1. The number of para-hydroxylation sites is 1. The quantitative estimate of drug-likeness (QED) is 0.875. The number of halogens is 2. The predicted octanol–water partition coefficient (Wildman–Crippen LogP) is 2.61. The smallest absolute Gasteiger partial charge is 0.341 e. The molecule has 2 unspecified atom stereocenters. The highest BCUT2D eigenvalue weighted by Crippen LogP contribution is 2.28. The van der Waals surface area contributed by atoms with Gasteiger partial charge in [0.15, 0.2) is 0 Å². The Labute approximate surface area is 123 Å². The Bertz CT molecular complexity index is 578. The van der Waals surface area contributed by atoms with Crippen molar-refractivity contribution in [3.05, 3.63) is 24.3 Å². The van der Waals surface area contributed by atoms with Gasteiger partial charge in [-0.1, -0.05) is 25.0 Å². The Morgan fingerprint density at radius 1 is 1.24 bits per heavy atom. The lowest BCUT2D eigenvalue weighted by Crippen LogP contribution is -2.37. The number of hydrogen-bond acceptors (Lipinski definition) is 4. The fourth-order valence-corrected chi connectivity index (χ4v) is 3.59. The Hall–Kier alpha value is -1.21. The van der Waals surface area contributed by atoms with Crippen molar-refractivity contribution < 1.29 is 17.2 Å². The minimum atomic E-state index is -4.60. The van der Waals surface area contributed by atoms with Gasteiger partial charge in [-0.15, -0.1) is 0 Å². The average molecular weight is 318 g/mol. The van der Waals surface area contributed by atoms with E-state index in [9.17, 15) is 17.2 Å². The number of benzene rings is 1. The second kappa shape index (κ2) is 6.70. The lowest BCUT2D eigenvalue weighted by Gasteiger charge is -2.29. The highest BCUT2D eigenvalue weighted by atomic mass is 32.2. The molecule has 21 heavy (non-hydrogen) atoms. The van der Waals surface area contributed by atoms with Crippen LogP contribution >= 0.6 is 0 Å². The van der Waals surface area contributed by atoms with E-state index in [2.05, 4.69) is 5.32 Å². The Morgan fingerprint density at radius 3 is 2.57 bits per heavy atom. The van der Waals surface area contributed by atoms with Crippen molar-refractivity contribution >= 4 is 15.5 Å². The largest absolute Gasteiger partial charge is 0.384 e. The van der Waals surface area contributed by atoms with Crippen LogP contribution in [0.3, 0.4) is 0 Å². The molecular weight excluding hydrogens is 298 g/mol. The monoisotopic (exact) mass is 318 g/mol. The number of nitrogens with one attached hydrogen (secondary N) is 1. The fourth-order valence-electron chi connectivity index (χ4n) is 2.69. The van der Waals surface area contributed by atoms with Gasteiger partial charge in [-0.3, -0.25) is 0 Å². The Morgan fingerprint density at radius 2 is 1.90 bits per heavy atom. The number of nitrogens with two attached hydrogens (primary N) is 1. The van der Waals surface area contributed by atoms with E-state index in [0.29, 0.717) is 6.54 Å². The number of hydrogen-bond donors (Lipinski definition) is 2. The number of alkyl halides is 2. The van der Waals surface area contributed by atoms with Crippen molar-refractivity contribution in [2.24, 2.45) is 11.7 Å². The first-order valence-corrected chi connectivity index (χ1v) is 8.58. The van der Waals surface area contributed by atoms with E-state index < -0.39 is 15.6 Å². The molecule has 0 bridgehead atoms. The molecule has 1 saturated carbocycles. The topological polar surface area (TPSA) is 72.2 Å². The van der Waals surface area contributed by atoms with Gasteiger partial charge in [-0.2, -0.15) is 8.78 Å². The molecule has 0 aromatic heterocycles. The highest BCUT2D eigenvalue weighted by Gasteiger charge is 2.29. The number of rotatable bonds is 5. The molecule has 118 valence electrons.